The highest BCUT2D eigenvalue weighted by Gasteiger charge is 2.29. The lowest BCUT2D eigenvalue weighted by atomic mass is 10.0. The van der Waals surface area contributed by atoms with Crippen LogP contribution in [0, 0.1) is 0 Å². The molecule has 3 aromatic rings. The van der Waals surface area contributed by atoms with Gasteiger partial charge in [-0.25, -0.2) is 8.42 Å². The number of anilines is 1. The molecule has 1 saturated heterocycles. The first kappa shape index (κ1) is 23.7. The van der Waals surface area contributed by atoms with Crippen LogP contribution in [0.25, 0.3) is 17.2 Å². The van der Waals surface area contributed by atoms with E-state index in [1.807, 2.05) is 54.6 Å². The lowest BCUT2D eigenvalue weighted by Gasteiger charge is -2.26. The molecule has 1 N–H and O–H groups in total. The molecule has 1 aliphatic rings. The third kappa shape index (κ3) is 5.53. The van der Waals surface area contributed by atoms with Gasteiger partial charge in [-0.15, -0.1) is 0 Å². The quantitative estimate of drug-likeness (QED) is 0.518. The zero-order valence-corrected chi connectivity index (χ0v) is 19.6. The van der Waals surface area contributed by atoms with Crippen molar-refractivity contribution in [2.75, 3.05) is 38.7 Å². The van der Waals surface area contributed by atoms with Crippen LogP contribution in [0.2, 0.25) is 0 Å². The molecule has 176 valence electrons. The summed E-state index contributed by atoms with van der Waals surface area (Å²) < 4.78 is 38.1. The van der Waals surface area contributed by atoms with Crippen molar-refractivity contribution in [1.82, 2.24) is 4.31 Å². The largest absolute Gasteiger partial charge is 0.495 e. The first-order valence-electron chi connectivity index (χ1n) is 10.9. The van der Waals surface area contributed by atoms with Crippen molar-refractivity contribution in [3.63, 3.8) is 0 Å². The van der Waals surface area contributed by atoms with Gasteiger partial charge >= 0.3 is 0 Å². The van der Waals surface area contributed by atoms with Crippen molar-refractivity contribution < 1.29 is 22.7 Å². The van der Waals surface area contributed by atoms with Gasteiger partial charge in [0, 0.05) is 24.9 Å². The first-order valence-corrected chi connectivity index (χ1v) is 12.3. The summed E-state index contributed by atoms with van der Waals surface area (Å²) >= 11 is 0. The Hall–Kier alpha value is -3.46. The fraction of sp³-hybridized carbons (Fsp3) is 0.192. The molecular weight excluding hydrogens is 452 g/mol. The van der Waals surface area contributed by atoms with Crippen LogP contribution in [0.1, 0.15) is 5.56 Å². The summed E-state index contributed by atoms with van der Waals surface area (Å²) in [4.78, 5) is 12.6. The lowest BCUT2D eigenvalue weighted by Crippen LogP contribution is -2.40. The van der Waals surface area contributed by atoms with E-state index in [0.29, 0.717) is 18.9 Å². The van der Waals surface area contributed by atoms with Gasteiger partial charge in [0.05, 0.1) is 20.3 Å². The molecule has 1 fully saturated rings. The van der Waals surface area contributed by atoms with Crippen LogP contribution in [0.5, 0.6) is 5.75 Å². The smallest absolute Gasteiger partial charge is 0.248 e. The van der Waals surface area contributed by atoms with E-state index in [1.165, 1.54) is 29.6 Å². The van der Waals surface area contributed by atoms with Gasteiger partial charge in [0.1, 0.15) is 10.6 Å². The maximum absolute atomic E-state index is 13.1. The maximum atomic E-state index is 13.1. The van der Waals surface area contributed by atoms with Crippen molar-refractivity contribution >= 4 is 27.7 Å². The molecule has 0 spiro atoms. The lowest BCUT2D eigenvalue weighted by molar-refractivity contribution is -0.111. The van der Waals surface area contributed by atoms with Gasteiger partial charge in [0.25, 0.3) is 0 Å². The van der Waals surface area contributed by atoms with Gasteiger partial charge in [-0.05, 0) is 47.0 Å². The molecule has 0 bridgehead atoms. The van der Waals surface area contributed by atoms with E-state index in [4.69, 9.17) is 9.47 Å². The van der Waals surface area contributed by atoms with Crippen LogP contribution in [0.4, 0.5) is 5.69 Å². The molecule has 0 radical (unpaired) electrons. The number of methoxy groups -OCH3 is 1. The minimum Gasteiger partial charge on any atom is -0.495 e. The molecule has 3 aromatic carbocycles. The molecule has 4 rings (SSSR count). The predicted octanol–water partition coefficient (Wildman–Crippen LogP) is 4.04. The highest BCUT2D eigenvalue weighted by molar-refractivity contribution is 7.89. The van der Waals surface area contributed by atoms with Crippen LogP contribution in [0.15, 0.2) is 83.8 Å². The Morgan fingerprint density at radius 1 is 0.971 bits per heavy atom. The van der Waals surface area contributed by atoms with Crippen LogP contribution < -0.4 is 10.1 Å². The van der Waals surface area contributed by atoms with Crippen molar-refractivity contribution in [3.05, 3.63) is 84.4 Å². The Morgan fingerprint density at radius 3 is 2.44 bits per heavy atom. The number of hydrogen-bond acceptors (Lipinski definition) is 5. The molecule has 7 nitrogen and oxygen atoms in total. The summed E-state index contributed by atoms with van der Waals surface area (Å²) in [6.07, 6.45) is 3.14. The molecule has 0 unspecified atom stereocenters. The number of sulfonamides is 1. The second-order valence-corrected chi connectivity index (χ2v) is 9.60. The number of benzene rings is 3. The summed E-state index contributed by atoms with van der Waals surface area (Å²) in [5.74, 6) is -0.150. The van der Waals surface area contributed by atoms with E-state index in [0.717, 1.165) is 16.7 Å². The average Bonchev–Trinajstić information content (AvgIpc) is 2.88. The maximum Gasteiger partial charge on any atom is 0.248 e. The standard InChI is InChI=1S/C26H26N2O5S/c1-32-24-12-11-23(19-25(24)34(30,31)28-14-16-33-17-15-28)27-26(29)13-10-20-6-5-9-22(18-20)21-7-3-2-4-8-21/h2-13,18-19H,14-17H2,1H3,(H,27,29)/b13-10+. The molecule has 34 heavy (non-hydrogen) atoms. The van der Waals surface area contributed by atoms with Gasteiger partial charge < -0.3 is 14.8 Å². The van der Waals surface area contributed by atoms with E-state index in [9.17, 15) is 13.2 Å². The van der Waals surface area contributed by atoms with Crippen LogP contribution in [0.3, 0.4) is 0 Å². The van der Waals surface area contributed by atoms with Crippen molar-refractivity contribution in [1.29, 1.82) is 0 Å². The average molecular weight is 479 g/mol. The first-order chi connectivity index (χ1) is 16.5. The molecule has 0 atom stereocenters. The number of hydrogen-bond donors (Lipinski definition) is 1. The van der Waals surface area contributed by atoms with Gasteiger partial charge in [-0.1, -0.05) is 48.5 Å². The molecule has 8 heteroatoms. The van der Waals surface area contributed by atoms with E-state index >= 15 is 0 Å². The molecule has 1 heterocycles. The topological polar surface area (TPSA) is 84.9 Å². The summed E-state index contributed by atoms with van der Waals surface area (Å²) in [5, 5.41) is 2.74. The Labute approximate surface area is 199 Å². The number of nitrogens with zero attached hydrogens (tertiary/aromatic N) is 1. The van der Waals surface area contributed by atoms with E-state index in [2.05, 4.69) is 5.32 Å². The molecular formula is C26H26N2O5S. The number of carbonyl (C=O) groups is 1. The third-order valence-corrected chi connectivity index (χ3v) is 7.36. The minimum atomic E-state index is -3.79. The summed E-state index contributed by atoms with van der Waals surface area (Å²) in [6, 6.07) is 22.4. The van der Waals surface area contributed by atoms with Crippen molar-refractivity contribution in [2.45, 2.75) is 4.90 Å². The van der Waals surface area contributed by atoms with Crippen LogP contribution in [-0.4, -0.2) is 52.0 Å². The monoisotopic (exact) mass is 478 g/mol. The summed E-state index contributed by atoms with van der Waals surface area (Å²) in [7, 11) is -2.38. The number of ether oxygens (including phenoxy) is 2. The Morgan fingerprint density at radius 2 is 1.71 bits per heavy atom. The SMILES string of the molecule is COc1ccc(NC(=O)/C=C/c2cccc(-c3ccccc3)c2)cc1S(=O)(=O)N1CCOCC1. The highest BCUT2D eigenvalue weighted by atomic mass is 32.2. The number of carbonyl (C=O) groups excluding carboxylic acids is 1. The Balaban J connectivity index is 1.50. The van der Waals surface area contributed by atoms with Crippen molar-refractivity contribution in [3.8, 4) is 16.9 Å². The summed E-state index contributed by atoms with van der Waals surface area (Å²) in [6.45, 7) is 1.22. The molecule has 0 aromatic heterocycles. The molecule has 1 aliphatic heterocycles. The molecule has 0 saturated carbocycles. The minimum absolute atomic E-state index is 0.00856. The normalized spacial score (nSPS) is 14.7. The number of rotatable bonds is 7. The predicted molar refractivity (Wildman–Crippen MR) is 132 cm³/mol. The zero-order chi connectivity index (χ0) is 24.0. The second kappa shape index (κ2) is 10.6. The van der Waals surface area contributed by atoms with Crippen LogP contribution in [-0.2, 0) is 19.6 Å². The van der Waals surface area contributed by atoms with Gasteiger partial charge in [-0.3, -0.25) is 4.79 Å². The van der Waals surface area contributed by atoms with Crippen molar-refractivity contribution in [2.24, 2.45) is 0 Å². The zero-order valence-electron chi connectivity index (χ0n) is 18.8. The number of amides is 1. The van der Waals surface area contributed by atoms with Gasteiger partial charge in [0.2, 0.25) is 15.9 Å². The highest BCUT2D eigenvalue weighted by Crippen LogP contribution is 2.30. The second-order valence-electron chi connectivity index (χ2n) is 7.70. The number of nitrogens with one attached hydrogen (secondary N) is 1. The van der Waals surface area contributed by atoms with E-state index < -0.39 is 10.0 Å². The molecule has 0 aliphatic carbocycles. The fourth-order valence-electron chi connectivity index (χ4n) is 3.69. The Bertz CT molecular complexity index is 1280. The third-order valence-electron chi connectivity index (χ3n) is 5.44. The van der Waals surface area contributed by atoms with Gasteiger partial charge in [0.15, 0.2) is 0 Å². The van der Waals surface area contributed by atoms with Gasteiger partial charge in [-0.2, -0.15) is 4.31 Å². The number of morpholine rings is 1. The fourth-order valence-corrected chi connectivity index (χ4v) is 5.28. The van der Waals surface area contributed by atoms with E-state index in [-0.39, 0.29) is 29.6 Å². The van der Waals surface area contributed by atoms with E-state index in [1.54, 1.807) is 12.1 Å². The summed E-state index contributed by atoms with van der Waals surface area (Å²) in [5.41, 5.74) is 3.38. The Kier molecular flexibility index (Phi) is 7.42. The molecule has 1 amide bonds. The van der Waals surface area contributed by atoms with Crippen LogP contribution >= 0.6 is 0 Å².